The lowest BCUT2D eigenvalue weighted by atomic mass is 10.0. The molecule has 1 fully saturated rings. The SMILES string of the molecule is Cc1cc(C2CCCC2)nc(-c2ccc(N)cc2)n1. The predicted molar refractivity (Wildman–Crippen MR) is 77.8 cm³/mol. The molecular weight excluding hydrogens is 234 g/mol. The Morgan fingerprint density at radius 2 is 1.74 bits per heavy atom. The van der Waals surface area contributed by atoms with E-state index in [1.54, 1.807) is 0 Å². The van der Waals surface area contributed by atoms with Gasteiger partial charge in [-0.05, 0) is 50.1 Å². The molecule has 1 aromatic carbocycles. The van der Waals surface area contributed by atoms with Crippen LogP contribution in [0.15, 0.2) is 30.3 Å². The number of aryl methyl sites for hydroxylation is 1. The van der Waals surface area contributed by atoms with Crippen molar-refractivity contribution in [2.24, 2.45) is 0 Å². The minimum absolute atomic E-state index is 0.620. The van der Waals surface area contributed by atoms with Crippen LogP contribution in [0.5, 0.6) is 0 Å². The fourth-order valence-corrected chi connectivity index (χ4v) is 2.78. The summed E-state index contributed by atoms with van der Waals surface area (Å²) in [5.74, 6) is 1.44. The van der Waals surface area contributed by atoms with Gasteiger partial charge in [0.05, 0.1) is 0 Å². The summed E-state index contributed by atoms with van der Waals surface area (Å²) in [5.41, 5.74) is 9.78. The van der Waals surface area contributed by atoms with E-state index >= 15 is 0 Å². The third kappa shape index (κ3) is 2.60. The van der Waals surface area contributed by atoms with Crippen molar-refractivity contribution < 1.29 is 0 Å². The summed E-state index contributed by atoms with van der Waals surface area (Å²) >= 11 is 0. The summed E-state index contributed by atoms with van der Waals surface area (Å²) in [5, 5.41) is 0. The van der Waals surface area contributed by atoms with Gasteiger partial charge in [-0.1, -0.05) is 12.8 Å². The van der Waals surface area contributed by atoms with Crippen LogP contribution in [0.4, 0.5) is 5.69 Å². The average molecular weight is 253 g/mol. The molecule has 2 aromatic rings. The highest BCUT2D eigenvalue weighted by Crippen LogP contribution is 2.33. The Morgan fingerprint density at radius 3 is 2.42 bits per heavy atom. The molecule has 0 aliphatic heterocycles. The molecule has 0 radical (unpaired) electrons. The van der Waals surface area contributed by atoms with Gasteiger partial charge in [-0.15, -0.1) is 0 Å². The molecule has 3 heteroatoms. The van der Waals surface area contributed by atoms with Crippen LogP contribution in [0.2, 0.25) is 0 Å². The topological polar surface area (TPSA) is 51.8 Å². The van der Waals surface area contributed by atoms with Gasteiger partial charge in [0.25, 0.3) is 0 Å². The number of nitrogens with two attached hydrogens (primary N) is 1. The van der Waals surface area contributed by atoms with E-state index in [1.165, 1.54) is 31.4 Å². The average Bonchev–Trinajstić information content (AvgIpc) is 2.93. The first-order valence-corrected chi connectivity index (χ1v) is 6.94. The fourth-order valence-electron chi connectivity index (χ4n) is 2.78. The molecule has 3 nitrogen and oxygen atoms in total. The van der Waals surface area contributed by atoms with Gasteiger partial charge in [0, 0.05) is 28.6 Å². The van der Waals surface area contributed by atoms with Crippen molar-refractivity contribution in [3.8, 4) is 11.4 Å². The third-order valence-corrected chi connectivity index (χ3v) is 3.82. The zero-order valence-electron chi connectivity index (χ0n) is 11.3. The van der Waals surface area contributed by atoms with E-state index in [4.69, 9.17) is 10.7 Å². The van der Waals surface area contributed by atoms with Crippen LogP contribution < -0.4 is 5.73 Å². The van der Waals surface area contributed by atoms with Gasteiger partial charge in [0.15, 0.2) is 5.82 Å². The maximum Gasteiger partial charge on any atom is 0.159 e. The van der Waals surface area contributed by atoms with E-state index in [0.717, 1.165) is 22.8 Å². The van der Waals surface area contributed by atoms with Crippen LogP contribution in [0.1, 0.15) is 43.0 Å². The first-order valence-electron chi connectivity index (χ1n) is 6.94. The Hall–Kier alpha value is -1.90. The van der Waals surface area contributed by atoms with Crippen molar-refractivity contribution in [2.75, 3.05) is 5.73 Å². The number of hydrogen-bond donors (Lipinski definition) is 1. The number of rotatable bonds is 2. The fraction of sp³-hybridized carbons (Fsp3) is 0.375. The van der Waals surface area contributed by atoms with Crippen LogP contribution in [0, 0.1) is 6.92 Å². The minimum atomic E-state index is 0.620. The smallest absolute Gasteiger partial charge is 0.159 e. The minimum Gasteiger partial charge on any atom is -0.399 e. The van der Waals surface area contributed by atoms with Gasteiger partial charge < -0.3 is 5.73 Å². The van der Waals surface area contributed by atoms with Gasteiger partial charge in [-0.25, -0.2) is 9.97 Å². The van der Waals surface area contributed by atoms with Gasteiger partial charge in [0.1, 0.15) is 0 Å². The van der Waals surface area contributed by atoms with E-state index in [0.29, 0.717) is 5.92 Å². The standard InChI is InChI=1S/C16H19N3/c1-11-10-15(12-4-2-3-5-12)19-16(18-11)13-6-8-14(17)9-7-13/h6-10,12H,2-5,17H2,1H3. The molecule has 0 amide bonds. The summed E-state index contributed by atoms with van der Waals surface area (Å²) in [6, 6.07) is 9.91. The summed E-state index contributed by atoms with van der Waals surface area (Å²) < 4.78 is 0. The molecule has 1 aromatic heterocycles. The lowest BCUT2D eigenvalue weighted by Gasteiger charge is -2.11. The largest absolute Gasteiger partial charge is 0.399 e. The van der Waals surface area contributed by atoms with Crippen molar-refractivity contribution in [3.63, 3.8) is 0 Å². The maximum atomic E-state index is 5.72. The van der Waals surface area contributed by atoms with Crippen molar-refractivity contribution in [2.45, 2.75) is 38.5 Å². The van der Waals surface area contributed by atoms with Gasteiger partial charge in [0.2, 0.25) is 0 Å². The van der Waals surface area contributed by atoms with Gasteiger partial charge in [-0.3, -0.25) is 0 Å². The zero-order chi connectivity index (χ0) is 13.2. The molecule has 2 N–H and O–H groups in total. The first-order chi connectivity index (χ1) is 9.22. The molecule has 1 saturated carbocycles. The van der Waals surface area contributed by atoms with E-state index < -0.39 is 0 Å². The van der Waals surface area contributed by atoms with Gasteiger partial charge >= 0.3 is 0 Å². The molecular formula is C16H19N3. The lowest BCUT2D eigenvalue weighted by molar-refractivity contribution is 0.693. The van der Waals surface area contributed by atoms with Crippen LogP contribution in [0.25, 0.3) is 11.4 Å². The van der Waals surface area contributed by atoms with Crippen molar-refractivity contribution in [3.05, 3.63) is 41.7 Å². The zero-order valence-corrected chi connectivity index (χ0v) is 11.3. The van der Waals surface area contributed by atoms with Crippen LogP contribution >= 0.6 is 0 Å². The van der Waals surface area contributed by atoms with E-state index in [2.05, 4.69) is 11.1 Å². The van der Waals surface area contributed by atoms with Crippen molar-refractivity contribution in [1.82, 2.24) is 9.97 Å². The van der Waals surface area contributed by atoms with Crippen molar-refractivity contribution >= 4 is 5.69 Å². The number of nitrogens with zero attached hydrogens (tertiary/aromatic N) is 2. The number of nitrogen functional groups attached to an aromatic ring is 1. The molecule has 0 bridgehead atoms. The second kappa shape index (κ2) is 5.00. The third-order valence-electron chi connectivity index (χ3n) is 3.82. The maximum absolute atomic E-state index is 5.72. The molecule has 1 aliphatic rings. The molecule has 1 aliphatic carbocycles. The molecule has 0 saturated heterocycles. The monoisotopic (exact) mass is 253 g/mol. The molecule has 0 unspecified atom stereocenters. The lowest BCUT2D eigenvalue weighted by Crippen LogP contribution is -2.01. The molecule has 1 heterocycles. The van der Waals surface area contributed by atoms with E-state index in [9.17, 15) is 0 Å². The van der Waals surface area contributed by atoms with E-state index in [-0.39, 0.29) is 0 Å². The Bertz CT molecular complexity index is 569. The highest BCUT2D eigenvalue weighted by atomic mass is 14.9. The number of hydrogen-bond acceptors (Lipinski definition) is 3. The summed E-state index contributed by atoms with van der Waals surface area (Å²) in [4.78, 5) is 9.32. The predicted octanol–water partition coefficient (Wildman–Crippen LogP) is 3.69. The van der Waals surface area contributed by atoms with Gasteiger partial charge in [-0.2, -0.15) is 0 Å². The number of anilines is 1. The molecule has 0 atom stereocenters. The summed E-state index contributed by atoms with van der Waals surface area (Å²) in [6.45, 7) is 2.04. The summed E-state index contributed by atoms with van der Waals surface area (Å²) in [7, 11) is 0. The molecule has 19 heavy (non-hydrogen) atoms. The van der Waals surface area contributed by atoms with Crippen LogP contribution in [-0.2, 0) is 0 Å². The highest BCUT2D eigenvalue weighted by Gasteiger charge is 2.19. The normalized spacial score (nSPS) is 15.8. The Labute approximate surface area is 113 Å². The highest BCUT2D eigenvalue weighted by molar-refractivity contribution is 5.58. The summed E-state index contributed by atoms with van der Waals surface area (Å²) in [6.07, 6.45) is 5.17. The second-order valence-electron chi connectivity index (χ2n) is 5.36. The number of benzene rings is 1. The first kappa shape index (κ1) is 12.2. The number of aromatic nitrogens is 2. The molecule has 98 valence electrons. The second-order valence-corrected chi connectivity index (χ2v) is 5.36. The van der Waals surface area contributed by atoms with Crippen LogP contribution in [0.3, 0.4) is 0 Å². The van der Waals surface area contributed by atoms with E-state index in [1.807, 2.05) is 31.2 Å². The quantitative estimate of drug-likeness (QED) is 0.830. The van der Waals surface area contributed by atoms with Crippen LogP contribution in [-0.4, -0.2) is 9.97 Å². The Balaban J connectivity index is 1.99. The molecule has 0 spiro atoms. The van der Waals surface area contributed by atoms with Crippen molar-refractivity contribution in [1.29, 1.82) is 0 Å². The Kier molecular flexibility index (Phi) is 3.20. The Morgan fingerprint density at radius 1 is 1.05 bits per heavy atom. The molecule has 3 rings (SSSR count).